The molecule has 0 bridgehead atoms. The number of carbonyl (C=O) groups is 1. The SMILES string of the molecule is O=C(O)CSc1ncc(-c2ccccc2)n1Cc1ccco1. The maximum atomic E-state index is 10.8. The number of furan rings is 1. The predicted octanol–water partition coefficient (Wildman–Crippen LogP) is 3.37. The highest BCUT2D eigenvalue weighted by Gasteiger charge is 2.14. The van der Waals surface area contributed by atoms with Crippen molar-refractivity contribution in [3.63, 3.8) is 0 Å². The molecule has 0 aliphatic heterocycles. The summed E-state index contributed by atoms with van der Waals surface area (Å²) in [6, 6.07) is 13.6. The molecule has 3 rings (SSSR count). The van der Waals surface area contributed by atoms with Gasteiger partial charge in [-0.2, -0.15) is 0 Å². The van der Waals surface area contributed by atoms with Crippen LogP contribution in [-0.4, -0.2) is 26.4 Å². The lowest BCUT2D eigenvalue weighted by Crippen LogP contribution is -2.05. The lowest BCUT2D eigenvalue weighted by Gasteiger charge is -2.10. The first-order chi connectivity index (χ1) is 10.7. The number of nitrogens with zero attached hydrogens (tertiary/aromatic N) is 2. The van der Waals surface area contributed by atoms with Gasteiger partial charge in [-0.15, -0.1) is 0 Å². The average Bonchev–Trinajstić information content (AvgIpc) is 3.16. The van der Waals surface area contributed by atoms with Gasteiger partial charge in [0.15, 0.2) is 5.16 Å². The van der Waals surface area contributed by atoms with E-state index in [0.29, 0.717) is 11.7 Å². The van der Waals surface area contributed by atoms with Crippen LogP contribution >= 0.6 is 11.8 Å². The molecule has 2 aromatic heterocycles. The molecule has 0 atom stereocenters. The third kappa shape index (κ3) is 3.23. The molecule has 6 heteroatoms. The molecule has 0 fully saturated rings. The Morgan fingerprint density at radius 3 is 2.73 bits per heavy atom. The van der Waals surface area contributed by atoms with E-state index in [0.717, 1.165) is 17.0 Å². The van der Waals surface area contributed by atoms with Crippen molar-refractivity contribution in [3.05, 3.63) is 60.7 Å². The van der Waals surface area contributed by atoms with Gasteiger partial charge in [0.2, 0.25) is 0 Å². The monoisotopic (exact) mass is 314 g/mol. The van der Waals surface area contributed by atoms with Gasteiger partial charge in [0.1, 0.15) is 5.76 Å². The molecule has 0 aliphatic rings. The highest BCUT2D eigenvalue weighted by atomic mass is 32.2. The molecule has 0 unspecified atom stereocenters. The van der Waals surface area contributed by atoms with Crippen molar-refractivity contribution in [2.75, 3.05) is 5.75 Å². The van der Waals surface area contributed by atoms with Gasteiger partial charge in [-0.25, -0.2) is 4.98 Å². The summed E-state index contributed by atoms with van der Waals surface area (Å²) in [5, 5.41) is 9.53. The molecule has 2 heterocycles. The van der Waals surface area contributed by atoms with Gasteiger partial charge < -0.3 is 14.1 Å². The van der Waals surface area contributed by atoms with E-state index in [-0.39, 0.29) is 5.75 Å². The Labute approximate surface area is 131 Å². The summed E-state index contributed by atoms with van der Waals surface area (Å²) in [5.74, 6) is -0.0881. The van der Waals surface area contributed by atoms with Crippen molar-refractivity contribution >= 4 is 17.7 Å². The van der Waals surface area contributed by atoms with Crippen molar-refractivity contribution in [1.82, 2.24) is 9.55 Å². The maximum absolute atomic E-state index is 10.8. The van der Waals surface area contributed by atoms with Gasteiger partial charge in [0.25, 0.3) is 0 Å². The Morgan fingerprint density at radius 2 is 2.05 bits per heavy atom. The molecular weight excluding hydrogens is 300 g/mol. The van der Waals surface area contributed by atoms with E-state index in [9.17, 15) is 4.79 Å². The average molecular weight is 314 g/mol. The van der Waals surface area contributed by atoms with E-state index >= 15 is 0 Å². The number of rotatable bonds is 6. The standard InChI is InChI=1S/C16H14N2O3S/c19-15(20)11-22-16-17-9-14(12-5-2-1-3-6-12)18(16)10-13-7-4-8-21-13/h1-9H,10-11H2,(H,19,20). The third-order valence-corrected chi connectivity index (χ3v) is 4.08. The van der Waals surface area contributed by atoms with Crippen molar-refractivity contribution in [1.29, 1.82) is 0 Å². The minimum atomic E-state index is -0.862. The van der Waals surface area contributed by atoms with Crippen LogP contribution in [0, 0.1) is 0 Å². The molecule has 1 aromatic carbocycles. The zero-order valence-electron chi connectivity index (χ0n) is 11.7. The molecule has 0 saturated heterocycles. The minimum absolute atomic E-state index is 0.0244. The Balaban J connectivity index is 1.97. The number of aromatic nitrogens is 2. The van der Waals surface area contributed by atoms with E-state index in [1.807, 2.05) is 47.0 Å². The second-order valence-corrected chi connectivity index (χ2v) is 5.58. The lowest BCUT2D eigenvalue weighted by molar-refractivity contribution is -0.133. The number of thioether (sulfide) groups is 1. The quantitative estimate of drug-likeness (QED) is 0.707. The topological polar surface area (TPSA) is 68.3 Å². The molecule has 0 amide bonds. The van der Waals surface area contributed by atoms with Gasteiger partial charge in [-0.1, -0.05) is 42.1 Å². The summed E-state index contributed by atoms with van der Waals surface area (Å²) in [6.45, 7) is 0.513. The highest BCUT2D eigenvalue weighted by molar-refractivity contribution is 7.99. The second kappa shape index (κ2) is 6.53. The number of aliphatic carboxylic acids is 1. The summed E-state index contributed by atoms with van der Waals surface area (Å²) >= 11 is 1.20. The smallest absolute Gasteiger partial charge is 0.313 e. The minimum Gasteiger partial charge on any atom is -0.481 e. The molecule has 0 radical (unpaired) electrons. The normalized spacial score (nSPS) is 10.7. The maximum Gasteiger partial charge on any atom is 0.313 e. The van der Waals surface area contributed by atoms with E-state index in [2.05, 4.69) is 4.98 Å². The number of carboxylic acid groups (broad SMARTS) is 1. The van der Waals surface area contributed by atoms with Gasteiger partial charge >= 0.3 is 5.97 Å². The van der Waals surface area contributed by atoms with Crippen LogP contribution in [0.4, 0.5) is 0 Å². The first-order valence-corrected chi connectivity index (χ1v) is 7.70. The van der Waals surface area contributed by atoms with Crippen molar-refractivity contribution in [3.8, 4) is 11.3 Å². The second-order valence-electron chi connectivity index (χ2n) is 4.64. The van der Waals surface area contributed by atoms with Crippen LogP contribution in [0.3, 0.4) is 0 Å². The van der Waals surface area contributed by atoms with Crippen molar-refractivity contribution in [2.45, 2.75) is 11.7 Å². The fraction of sp³-hybridized carbons (Fsp3) is 0.125. The molecule has 0 spiro atoms. The van der Waals surface area contributed by atoms with Crippen LogP contribution in [0.1, 0.15) is 5.76 Å². The van der Waals surface area contributed by atoms with Gasteiger partial charge in [-0.3, -0.25) is 4.79 Å². The Bertz CT molecular complexity index is 751. The molecule has 112 valence electrons. The van der Waals surface area contributed by atoms with Crippen LogP contribution in [0.15, 0.2) is 64.5 Å². The number of imidazole rings is 1. The van der Waals surface area contributed by atoms with Crippen LogP contribution in [-0.2, 0) is 11.3 Å². The molecular formula is C16H14N2O3S. The first kappa shape index (κ1) is 14.5. The first-order valence-electron chi connectivity index (χ1n) is 6.72. The predicted molar refractivity (Wildman–Crippen MR) is 83.8 cm³/mol. The van der Waals surface area contributed by atoms with Gasteiger partial charge in [-0.05, 0) is 17.7 Å². The van der Waals surface area contributed by atoms with E-state index in [1.54, 1.807) is 12.5 Å². The molecule has 3 aromatic rings. The zero-order valence-corrected chi connectivity index (χ0v) is 12.5. The third-order valence-electron chi connectivity index (χ3n) is 3.11. The number of carboxylic acids is 1. The van der Waals surface area contributed by atoms with E-state index in [4.69, 9.17) is 9.52 Å². The lowest BCUT2D eigenvalue weighted by atomic mass is 10.2. The number of hydrogen-bond acceptors (Lipinski definition) is 4. The molecule has 0 aliphatic carbocycles. The van der Waals surface area contributed by atoms with E-state index in [1.165, 1.54) is 11.8 Å². The summed E-state index contributed by atoms with van der Waals surface area (Å²) < 4.78 is 7.38. The highest BCUT2D eigenvalue weighted by Crippen LogP contribution is 2.27. The van der Waals surface area contributed by atoms with Gasteiger partial charge in [0.05, 0.1) is 30.5 Å². The Hall–Kier alpha value is -2.47. The largest absolute Gasteiger partial charge is 0.481 e. The molecule has 5 nitrogen and oxygen atoms in total. The molecule has 22 heavy (non-hydrogen) atoms. The Kier molecular flexibility index (Phi) is 4.29. The molecule has 0 saturated carbocycles. The van der Waals surface area contributed by atoms with E-state index < -0.39 is 5.97 Å². The van der Waals surface area contributed by atoms with Crippen LogP contribution in [0.5, 0.6) is 0 Å². The fourth-order valence-corrected chi connectivity index (χ4v) is 2.85. The van der Waals surface area contributed by atoms with Crippen LogP contribution in [0.2, 0.25) is 0 Å². The number of benzene rings is 1. The Morgan fingerprint density at radius 1 is 1.23 bits per heavy atom. The zero-order chi connectivity index (χ0) is 15.4. The van der Waals surface area contributed by atoms with Crippen molar-refractivity contribution < 1.29 is 14.3 Å². The van der Waals surface area contributed by atoms with Crippen LogP contribution < -0.4 is 0 Å². The summed E-state index contributed by atoms with van der Waals surface area (Å²) in [5.41, 5.74) is 1.97. The summed E-state index contributed by atoms with van der Waals surface area (Å²) in [4.78, 5) is 15.2. The van der Waals surface area contributed by atoms with Gasteiger partial charge in [0, 0.05) is 0 Å². The molecule has 1 N–H and O–H groups in total. The summed E-state index contributed by atoms with van der Waals surface area (Å²) in [7, 11) is 0. The van der Waals surface area contributed by atoms with Crippen LogP contribution in [0.25, 0.3) is 11.3 Å². The summed E-state index contributed by atoms with van der Waals surface area (Å²) in [6.07, 6.45) is 3.39. The van der Waals surface area contributed by atoms with Crippen molar-refractivity contribution in [2.24, 2.45) is 0 Å². The fourth-order valence-electron chi connectivity index (χ4n) is 2.15. The number of hydrogen-bond donors (Lipinski definition) is 1.